The monoisotopic (exact) mass is 313 g/mol. The maximum Gasteiger partial charge on any atom is 0.309 e. The van der Waals surface area contributed by atoms with Gasteiger partial charge in [-0.2, -0.15) is 4.98 Å². The van der Waals surface area contributed by atoms with Gasteiger partial charge in [-0.15, -0.1) is 0 Å². The van der Waals surface area contributed by atoms with Crippen molar-refractivity contribution in [3.05, 3.63) is 40.3 Å². The Kier molecular flexibility index (Phi) is 3.78. The van der Waals surface area contributed by atoms with Crippen LogP contribution in [-0.4, -0.2) is 18.3 Å². The third-order valence-electron chi connectivity index (χ3n) is 2.47. The minimum absolute atomic E-state index is 0.00841. The van der Waals surface area contributed by atoms with Crippen molar-refractivity contribution in [2.45, 2.75) is 11.8 Å². The molecular formula is C10H11N5O5S. The number of hydrazine groups is 1. The number of nitrogens with zero attached hydrogens (tertiary/aromatic N) is 2. The smallest absolute Gasteiger partial charge is 0.309 e. The predicted octanol–water partition coefficient (Wildman–Crippen LogP) is 0.978. The number of sulfonamides is 1. The highest BCUT2D eigenvalue weighted by atomic mass is 32.2. The normalized spacial score (nSPS) is 11.1. The highest BCUT2D eigenvalue weighted by molar-refractivity contribution is 7.92. The Labute approximate surface area is 119 Å². The fourth-order valence-electron chi connectivity index (χ4n) is 1.53. The van der Waals surface area contributed by atoms with Crippen LogP contribution in [0.25, 0.3) is 0 Å². The van der Waals surface area contributed by atoms with Crippen molar-refractivity contribution in [3.63, 3.8) is 0 Å². The number of nitrogen functional groups attached to an aromatic ring is 1. The first-order valence-electron chi connectivity index (χ1n) is 5.53. The van der Waals surface area contributed by atoms with E-state index in [1.807, 2.05) is 0 Å². The second-order valence-electron chi connectivity index (χ2n) is 3.98. The van der Waals surface area contributed by atoms with Gasteiger partial charge >= 0.3 is 6.01 Å². The average Bonchev–Trinajstić information content (AvgIpc) is 2.82. The third kappa shape index (κ3) is 3.09. The molecule has 2 aromatic rings. The minimum Gasteiger partial charge on any atom is -0.431 e. The minimum atomic E-state index is -4.06. The number of nitro benzene ring substituents is 1. The molecular weight excluding hydrogens is 302 g/mol. The van der Waals surface area contributed by atoms with Crippen LogP contribution < -0.4 is 16.0 Å². The molecule has 2 rings (SSSR count). The molecule has 0 unspecified atom stereocenters. The summed E-state index contributed by atoms with van der Waals surface area (Å²) in [6.45, 7) is 1.62. The molecule has 0 fully saturated rings. The molecule has 0 aliphatic rings. The summed E-state index contributed by atoms with van der Waals surface area (Å²) >= 11 is 0. The van der Waals surface area contributed by atoms with Gasteiger partial charge in [0.15, 0.2) is 0 Å². The summed E-state index contributed by atoms with van der Waals surface area (Å²) in [7, 11) is -4.06. The summed E-state index contributed by atoms with van der Waals surface area (Å²) in [6.07, 6.45) is 1.27. The number of hydrogen-bond acceptors (Lipinski definition) is 8. The van der Waals surface area contributed by atoms with E-state index in [0.29, 0.717) is 5.69 Å². The van der Waals surface area contributed by atoms with Crippen LogP contribution in [0.5, 0.6) is 0 Å². The number of nitrogens with one attached hydrogen (secondary N) is 2. The zero-order valence-electron chi connectivity index (χ0n) is 10.7. The van der Waals surface area contributed by atoms with Crippen molar-refractivity contribution in [1.29, 1.82) is 0 Å². The van der Waals surface area contributed by atoms with Crippen molar-refractivity contribution in [2.75, 3.05) is 10.1 Å². The van der Waals surface area contributed by atoms with Crippen molar-refractivity contribution < 1.29 is 17.8 Å². The predicted molar refractivity (Wildman–Crippen MR) is 73.0 cm³/mol. The highest BCUT2D eigenvalue weighted by Gasteiger charge is 2.22. The number of rotatable bonds is 5. The van der Waals surface area contributed by atoms with Gasteiger partial charge in [-0.05, 0) is 19.1 Å². The van der Waals surface area contributed by atoms with E-state index in [4.69, 9.17) is 10.3 Å². The lowest BCUT2D eigenvalue weighted by Crippen LogP contribution is -2.15. The summed E-state index contributed by atoms with van der Waals surface area (Å²) in [5, 5.41) is 10.9. The zero-order valence-corrected chi connectivity index (χ0v) is 11.5. The molecule has 0 saturated heterocycles. The first kappa shape index (κ1) is 14.7. The fourth-order valence-corrected chi connectivity index (χ4v) is 2.48. The second-order valence-corrected chi connectivity index (χ2v) is 5.66. The van der Waals surface area contributed by atoms with Crippen molar-refractivity contribution in [3.8, 4) is 0 Å². The summed E-state index contributed by atoms with van der Waals surface area (Å²) in [6, 6.07) is 3.01. The fraction of sp³-hybridized carbons (Fsp3) is 0.100. The molecule has 1 aromatic heterocycles. The number of nitro groups is 1. The summed E-state index contributed by atoms with van der Waals surface area (Å²) in [4.78, 5) is 13.6. The molecule has 4 N–H and O–H groups in total. The largest absolute Gasteiger partial charge is 0.431 e. The maximum absolute atomic E-state index is 12.1. The summed E-state index contributed by atoms with van der Waals surface area (Å²) < 4.78 is 31.2. The molecule has 0 saturated carbocycles. The topological polar surface area (TPSA) is 153 Å². The average molecular weight is 313 g/mol. The van der Waals surface area contributed by atoms with E-state index in [1.165, 1.54) is 18.4 Å². The van der Waals surface area contributed by atoms with Crippen LogP contribution in [0.2, 0.25) is 0 Å². The number of nitrogens with two attached hydrogens (primary N) is 1. The van der Waals surface area contributed by atoms with Crippen LogP contribution in [0.15, 0.2) is 33.8 Å². The number of benzene rings is 1. The van der Waals surface area contributed by atoms with Crippen LogP contribution >= 0.6 is 0 Å². The van der Waals surface area contributed by atoms with E-state index in [9.17, 15) is 18.5 Å². The number of aryl methyl sites for hydroxylation is 1. The first-order chi connectivity index (χ1) is 9.83. The summed E-state index contributed by atoms with van der Waals surface area (Å²) in [5.74, 6) is 5.13. The number of anilines is 2. The lowest BCUT2D eigenvalue weighted by Gasteiger charge is -2.06. The van der Waals surface area contributed by atoms with Gasteiger partial charge in [0.1, 0.15) is 12.0 Å². The van der Waals surface area contributed by atoms with E-state index < -0.39 is 20.6 Å². The van der Waals surface area contributed by atoms with E-state index in [0.717, 1.165) is 6.07 Å². The Morgan fingerprint density at radius 2 is 2.14 bits per heavy atom. The molecule has 11 heteroatoms. The first-order valence-corrected chi connectivity index (χ1v) is 7.02. The van der Waals surface area contributed by atoms with Gasteiger partial charge in [0.2, 0.25) is 0 Å². The molecule has 21 heavy (non-hydrogen) atoms. The van der Waals surface area contributed by atoms with Crippen molar-refractivity contribution in [2.24, 2.45) is 5.84 Å². The Hall–Kier alpha value is -2.66. The lowest BCUT2D eigenvalue weighted by molar-refractivity contribution is -0.384. The van der Waals surface area contributed by atoms with Gasteiger partial charge in [0.25, 0.3) is 15.7 Å². The molecule has 10 nitrogen and oxygen atoms in total. The lowest BCUT2D eigenvalue weighted by atomic mass is 10.3. The number of hydrogen-bond donors (Lipinski definition) is 3. The Bertz CT molecular complexity index is 785. The van der Waals surface area contributed by atoms with Crippen molar-refractivity contribution in [1.82, 2.24) is 4.98 Å². The van der Waals surface area contributed by atoms with Gasteiger partial charge in [-0.1, -0.05) is 0 Å². The van der Waals surface area contributed by atoms with Crippen LogP contribution in [-0.2, 0) is 10.0 Å². The highest BCUT2D eigenvalue weighted by Crippen LogP contribution is 2.27. The van der Waals surface area contributed by atoms with Crippen LogP contribution in [0.4, 0.5) is 17.4 Å². The maximum atomic E-state index is 12.1. The van der Waals surface area contributed by atoms with E-state index in [2.05, 4.69) is 15.1 Å². The molecule has 0 atom stereocenters. The molecule has 0 bridgehead atoms. The Morgan fingerprint density at radius 3 is 2.67 bits per heavy atom. The van der Waals surface area contributed by atoms with Crippen LogP contribution in [0.1, 0.15) is 5.69 Å². The SMILES string of the molecule is Cc1coc(NS(=O)(=O)c2ccc(NN)c([N+](=O)[O-])c2)n1. The van der Waals surface area contributed by atoms with Gasteiger partial charge in [-0.3, -0.25) is 16.0 Å². The van der Waals surface area contributed by atoms with Gasteiger partial charge in [0, 0.05) is 6.07 Å². The molecule has 0 spiro atoms. The van der Waals surface area contributed by atoms with Crippen molar-refractivity contribution >= 4 is 27.4 Å². The third-order valence-corrected chi connectivity index (χ3v) is 3.79. The van der Waals surface area contributed by atoms with E-state index in [1.54, 1.807) is 6.92 Å². The zero-order chi connectivity index (χ0) is 15.6. The van der Waals surface area contributed by atoms with E-state index >= 15 is 0 Å². The van der Waals surface area contributed by atoms with Crippen LogP contribution in [0.3, 0.4) is 0 Å². The molecule has 0 aliphatic carbocycles. The summed E-state index contributed by atoms with van der Waals surface area (Å²) in [5.41, 5.74) is 2.13. The molecule has 1 aromatic carbocycles. The van der Waals surface area contributed by atoms with Crippen LogP contribution in [0, 0.1) is 17.0 Å². The number of aromatic nitrogens is 1. The quantitative estimate of drug-likeness (QED) is 0.419. The Balaban J connectivity index is 2.40. The van der Waals surface area contributed by atoms with Gasteiger partial charge in [-0.25, -0.2) is 13.1 Å². The standard InChI is InChI=1S/C10H11N5O5S/c1-6-5-20-10(12-6)14-21(18,19)7-2-3-8(13-11)9(4-7)15(16)17/h2-5,13H,11H2,1H3,(H,12,14). The second kappa shape index (κ2) is 5.38. The van der Waals surface area contributed by atoms with E-state index in [-0.39, 0.29) is 16.6 Å². The molecule has 112 valence electrons. The van der Waals surface area contributed by atoms with Gasteiger partial charge < -0.3 is 9.84 Å². The Morgan fingerprint density at radius 1 is 1.43 bits per heavy atom. The number of oxazole rings is 1. The molecule has 0 aliphatic heterocycles. The molecule has 0 radical (unpaired) electrons. The molecule has 0 amide bonds. The molecule has 1 heterocycles. The van der Waals surface area contributed by atoms with Gasteiger partial charge in [0.05, 0.1) is 15.5 Å².